The summed E-state index contributed by atoms with van der Waals surface area (Å²) in [5.41, 5.74) is 0.426. The van der Waals surface area contributed by atoms with E-state index in [1.54, 1.807) is 0 Å². The quantitative estimate of drug-likeness (QED) is 0.704. The van der Waals surface area contributed by atoms with Crippen molar-refractivity contribution in [3.8, 4) is 0 Å². The minimum absolute atomic E-state index is 0.223. The maximum atomic E-state index is 10.9. The monoisotopic (exact) mass is 210 g/mol. The van der Waals surface area contributed by atoms with Crippen LogP contribution >= 0.6 is 0 Å². The summed E-state index contributed by atoms with van der Waals surface area (Å²) in [6.07, 6.45) is 10.8. The van der Waals surface area contributed by atoms with Gasteiger partial charge in [-0.15, -0.1) is 0 Å². The zero-order valence-corrected chi connectivity index (χ0v) is 9.50. The second-order valence-electron chi connectivity index (χ2n) is 4.58. The molecule has 1 N–H and O–H groups in total. The molecule has 15 heavy (non-hydrogen) atoms. The lowest BCUT2D eigenvalue weighted by Gasteiger charge is -2.18. The first-order valence-electron chi connectivity index (χ1n) is 6.14. The Morgan fingerprint density at radius 1 is 0.933 bits per heavy atom. The van der Waals surface area contributed by atoms with E-state index in [0.29, 0.717) is 5.57 Å². The molecule has 0 spiro atoms. The number of carbonyl (C=O) groups is 1. The molecule has 86 valence electrons. The van der Waals surface area contributed by atoms with Gasteiger partial charge in [-0.25, -0.2) is 4.79 Å². The summed E-state index contributed by atoms with van der Waals surface area (Å²) in [6, 6.07) is 0. The van der Waals surface area contributed by atoms with E-state index in [4.69, 9.17) is 5.11 Å². The minimum Gasteiger partial charge on any atom is -0.478 e. The average molecular weight is 210 g/mol. The summed E-state index contributed by atoms with van der Waals surface area (Å²) >= 11 is 0. The van der Waals surface area contributed by atoms with Crippen molar-refractivity contribution in [2.75, 3.05) is 0 Å². The normalized spacial score (nSPS) is 20.8. The standard InChI is InChI=1S/C13H22O2/c1-11(13(14)15)12-9-7-5-3-2-4-6-8-10-12/h12H,1-10H2,(H,14,15). The molecule has 0 atom stereocenters. The molecule has 0 heterocycles. The van der Waals surface area contributed by atoms with Crippen LogP contribution in [0.4, 0.5) is 0 Å². The van der Waals surface area contributed by atoms with Gasteiger partial charge in [0, 0.05) is 5.57 Å². The van der Waals surface area contributed by atoms with E-state index >= 15 is 0 Å². The largest absolute Gasteiger partial charge is 0.478 e. The molecule has 1 fully saturated rings. The van der Waals surface area contributed by atoms with Gasteiger partial charge in [0.15, 0.2) is 0 Å². The summed E-state index contributed by atoms with van der Waals surface area (Å²) in [6.45, 7) is 3.70. The lowest BCUT2D eigenvalue weighted by atomic mass is 9.87. The summed E-state index contributed by atoms with van der Waals surface area (Å²) in [5.74, 6) is -0.586. The van der Waals surface area contributed by atoms with E-state index in [2.05, 4.69) is 6.58 Å². The maximum absolute atomic E-state index is 10.9. The lowest BCUT2D eigenvalue weighted by molar-refractivity contribution is -0.133. The first-order chi connectivity index (χ1) is 7.22. The molecule has 0 radical (unpaired) electrons. The van der Waals surface area contributed by atoms with E-state index in [-0.39, 0.29) is 5.92 Å². The van der Waals surface area contributed by atoms with Gasteiger partial charge in [0.2, 0.25) is 0 Å². The Kier molecular flexibility index (Phi) is 5.44. The molecule has 0 aromatic heterocycles. The third-order valence-electron chi connectivity index (χ3n) is 3.37. The topological polar surface area (TPSA) is 37.3 Å². The Labute approximate surface area is 92.4 Å². The molecule has 1 aliphatic carbocycles. The third-order valence-corrected chi connectivity index (χ3v) is 3.37. The predicted molar refractivity (Wildman–Crippen MR) is 61.8 cm³/mol. The molecule has 0 saturated heterocycles. The SMILES string of the molecule is C=C(C(=O)O)C1CCCCCCCCC1. The van der Waals surface area contributed by atoms with E-state index in [1.165, 1.54) is 32.1 Å². The number of carboxylic acid groups (broad SMARTS) is 1. The van der Waals surface area contributed by atoms with Gasteiger partial charge in [-0.3, -0.25) is 0 Å². The molecular formula is C13H22O2. The predicted octanol–water partition coefficient (Wildman–Crippen LogP) is 3.77. The second-order valence-corrected chi connectivity index (χ2v) is 4.58. The molecule has 2 heteroatoms. The first kappa shape index (κ1) is 12.3. The molecule has 0 amide bonds. The molecule has 1 aliphatic rings. The Bertz CT molecular complexity index is 211. The van der Waals surface area contributed by atoms with Crippen LogP contribution in [0.1, 0.15) is 57.8 Å². The van der Waals surface area contributed by atoms with Crippen LogP contribution in [0.3, 0.4) is 0 Å². The zero-order chi connectivity index (χ0) is 11.1. The van der Waals surface area contributed by atoms with Crippen molar-refractivity contribution < 1.29 is 9.90 Å². The Morgan fingerprint density at radius 3 is 1.73 bits per heavy atom. The van der Waals surface area contributed by atoms with E-state index in [1.807, 2.05) is 0 Å². The Hall–Kier alpha value is -0.790. The molecule has 2 nitrogen and oxygen atoms in total. The number of rotatable bonds is 2. The van der Waals surface area contributed by atoms with Crippen LogP contribution in [0, 0.1) is 5.92 Å². The van der Waals surface area contributed by atoms with E-state index < -0.39 is 5.97 Å². The fourth-order valence-electron chi connectivity index (χ4n) is 2.33. The van der Waals surface area contributed by atoms with Crippen LogP contribution in [0.2, 0.25) is 0 Å². The maximum Gasteiger partial charge on any atom is 0.331 e. The van der Waals surface area contributed by atoms with Crippen molar-refractivity contribution >= 4 is 5.97 Å². The molecular weight excluding hydrogens is 188 g/mol. The highest BCUT2D eigenvalue weighted by Gasteiger charge is 2.18. The number of aliphatic carboxylic acids is 1. The van der Waals surface area contributed by atoms with E-state index in [9.17, 15) is 4.79 Å². The summed E-state index contributed by atoms with van der Waals surface area (Å²) in [7, 11) is 0. The molecule has 1 rings (SSSR count). The third kappa shape index (κ3) is 4.50. The van der Waals surface area contributed by atoms with Gasteiger partial charge in [0.25, 0.3) is 0 Å². The van der Waals surface area contributed by atoms with Gasteiger partial charge in [-0.2, -0.15) is 0 Å². The van der Waals surface area contributed by atoms with Crippen LogP contribution < -0.4 is 0 Å². The first-order valence-corrected chi connectivity index (χ1v) is 6.14. The van der Waals surface area contributed by atoms with Crippen molar-refractivity contribution in [2.45, 2.75) is 57.8 Å². The molecule has 0 aliphatic heterocycles. The fraction of sp³-hybridized carbons (Fsp3) is 0.769. The van der Waals surface area contributed by atoms with Crippen LogP contribution in [0.25, 0.3) is 0 Å². The number of hydrogen-bond donors (Lipinski definition) is 1. The van der Waals surface area contributed by atoms with Gasteiger partial charge in [0.1, 0.15) is 0 Å². The van der Waals surface area contributed by atoms with Crippen molar-refractivity contribution in [3.63, 3.8) is 0 Å². The summed E-state index contributed by atoms with van der Waals surface area (Å²) in [4.78, 5) is 10.9. The van der Waals surface area contributed by atoms with Crippen molar-refractivity contribution in [3.05, 3.63) is 12.2 Å². The molecule has 1 saturated carbocycles. The second kappa shape index (κ2) is 6.65. The van der Waals surface area contributed by atoms with Crippen molar-refractivity contribution in [2.24, 2.45) is 5.92 Å². The van der Waals surface area contributed by atoms with Crippen molar-refractivity contribution in [1.82, 2.24) is 0 Å². The van der Waals surface area contributed by atoms with E-state index in [0.717, 1.165) is 25.7 Å². The molecule has 0 bridgehead atoms. The molecule has 0 aromatic carbocycles. The van der Waals surface area contributed by atoms with Crippen LogP contribution in [0.5, 0.6) is 0 Å². The Balaban J connectivity index is 2.44. The fourth-order valence-corrected chi connectivity index (χ4v) is 2.33. The highest BCUT2D eigenvalue weighted by Crippen LogP contribution is 2.26. The van der Waals surface area contributed by atoms with Crippen LogP contribution in [-0.2, 0) is 4.79 Å². The summed E-state index contributed by atoms with van der Waals surface area (Å²) < 4.78 is 0. The van der Waals surface area contributed by atoms with Gasteiger partial charge in [-0.1, -0.05) is 51.5 Å². The summed E-state index contributed by atoms with van der Waals surface area (Å²) in [5, 5.41) is 8.92. The number of hydrogen-bond acceptors (Lipinski definition) is 1. The zero-order valence-electron chi connectivity index (χ0n) is 9.50. The van der Waals surface area contributed by atoms with Gasteiger partial charge >= 0.3 is 5.97 Å². The molecule has 0 aromatic rings. The van der Waals surface area contributed by atoms with Crippen LogP contribution in [-0.4, -0.2) is 11.1 Å². The highest BCUT2D eigenvalue weighted by molar-refractivity contribution is 5.86. The number of carboxylic acids is 1. The Morgan fingerprint density at radius 2 is 1.33 bits per heavy atom. The van der Waals surface area contributed by atoms with Crippen LogP contribution in [0.15, 0.2) is 12.2 Å². The van der Waals surface area contributed by atoms with Gasteiger partial charge in [0.05, 0.1) is 0 Å². The van der Waals surface area contributed by atoms with Crippen molar-refractivity contribution in [1.29, 1.82) is 0 Å². The smallest absolute Gasteiger partial charge is 0.331 e. The average Bonchev–Trinajstić information content (AvgIpc) is 2.24. The molecule has 0 unspecified atom stereocenters. The van der Waals surface area contributed by atoms with Gasteiger partial charge < -0.3 is 5.11 Å². The van der Waals surface area contributed by atoms with Gasteiger partial charge in [-0.05, 0) is 18.8 Å². The minimum atomic E-state index is -0.808. The highest BCUT2D eigenvalue weighted by atomic mass is 16.4. The lowest BCUT2D eigenvalue weighted by Crippen LogP contribution is -2.12.